The molecule has 1 aromatic carbocycles. The van der Waals surface area contributed by atoms with E-state index >= 15 is 0 Å². The lowest BCUT2D eigenvalue weighted by molar-refractivity contribution is 0.221. The zero-order valence-electron chi connectivity index (χ0n) is 14.6. The van der Waals surface area contributed by atoms with Gasteiger partial charge in [0.2, 0.25) is 0 Å². The Morgan fingerprint density at radius 1 is 1.18 bits per heavy atom. The average Bonchev–Trinajstić information content (AvgIpc) is 3.37. The van der Waals surface area contributed by atoms with Crippen molar-refractivity contribution in [1.29, 1.82) is 0 Å². The first-order valence-corrected chi connectivity index (χ1v) is 9.77. The van der Waals surface area contributed by atoms with Gasteiger partial charge in [0.25, 0.3) is 0 Å². The predicted molar refractivity (Wildman–Crippen MR) is 110 cm³/mol. The van der Waals surface area contributed by atoms with E-state index in [-0.39, 0.29) is 0 Å². The Hall–Kier alpha value is -2.45. The molecule has 9 heteroatoms. The molecule has 0 aliphatic heterocycles. The largest absolute Gasteiger partial charge is 0.494 e. The summed E-state index contributed by atoms with van der Waals surface area (Å²) in [6, 6.07) is 10.7. The number of aromatic nitrogens is 4. The van der Waals surface area contributed by atoms with Crippen LogP contribution in [0.4, 0.5) is 0 Å². The maximum absolute atomic E-state index is 11.0. The second-order valence-corrected chi connectivity index (χ2v) is 7.77. The number of benzene rings is 1. The van der Waals surface area contributed by atoms with Gasteiger partial charge >= 0.3 is 0 Å². The highest BCUT2D eigenvalue weighted by Gasteiger charge is 2.23. The lowest BCUT2D eigenvalue weighted by Gasteiger charge is -2.11. The van der Waals surface area contributed by atoms with Gasteiger partial charge < -0.3 is 14.8 Å². The fourth-order valence-electron chi connectivity index (χ4n) is 2.84. The van der Waals surface area contributed by atoms with E-state index < -0.39 is 6.10 Å². The van der Waals surface area contributed by atoms with Gasteiger partial charge in [0, 0.05) is 21.0 Å². The van der Waals surface area contributed by atoms with E-state index in [9.17, 15) is 5.11 Å². The monoisotopic (exact) mass is 432 g/mol. The molecule has 0 aliphatic carbocycles. The van der Waals surface area contributed by atoms with Crippen LogP contribution in [0.2, 0.25) is 10.2 Å². The van der Waals surface area contributed by atoms with Crippen LogP contribution in [0.5, 0.6) is 5.75 Å². The molecule has 2 N–H and O–H groups in total. The summed E-state index contributed by atoms with van der Waals surface area (Å²) < 4.78 is 5.43. The minimum absolute atomic E-state index is 0.352. The quantitative estimate of drug-likeness (QED) is 0.433. The standard InChI is InChI=1S/C19H14Cl2N4O2S/c1-27-14-8-22-16(21)7-12(14)15-6-13(18(28-15)19-23-9-24-25-19)17(26)10-2-4-11(20)5-3-10/h2-9,17,26H,1H3,(H,23,24,25). The number of aromatic amines is 1. The Morgan fingerprint density at radius 3 is 2.64 bits per heavy atom. The Morgan fingerprint density at radius 2 is 1.96 bits per heavy atom. The normalized spacial score (nSPS) is 12.1. The van der Waals surface area contributed by atoms with Gasteiger partial charge in [0.1, 0.15) is 23.3 Å². The number of hydrogen-bond donors (Lipinski definition) is 2. The van der Waals surface area contributed by atoms with E-state index in [0.29, 0.717) is 32.9 Å². The van der Waals surface area contributed by atoms with Crippen LogP contribution in [-0.4, -0.2) is 32.4 Å². The van der Waals surface area contributed by atoms with E-state index in [2.05, 4.69) is 20.2 Å². The van der Waals surface area contributed by atoms with Crippen LogP contribution in [-0.2, 0) is 0 Å². The van der Waals surface area contributed by atoms with Crippen molar-refractivity contribution in [3.05, 3.63) is 70.2 Å². The molecule has 0 bridgehead atoms. The number of hydrogen-bond acceptors (Lipinski definition) is 6. The van der Waals surface area contributed by atoms with Crippen LogP contribution < -0.4 is 4.74 Å². The summed E-state index contributed by atoms with van der Waals surface area (Å²) in [5, 5.41) is 20.0. The van der Waals surface area contributed by atoms with E-state index in [1.807, 2.05) is 6.07 Å². The number of rotatable bonds is 5. The average molecular weight is 433 g/mol. The Balaban J connectivity index is 1.86. The molecule has 4 aromatic rings. The summed E-state index contributed by atoms with van der Waals surface area (Å²) >= 11 is 13.5. The molecule has 1 atom stereocenters. The maximum Gasteiger partial charge on any atom is 0.171 e. The Labute approximate surface area is 174 Å². The van der Waals surface area contributed by atoms with Crippen LogP contribution in [0.3, 0.4) is 0 Å². The van der Waals surface area contributed by atoms with Crippen molar-refractivity contribution >= 4 is 34.5 Å². The molecule has 0 saturated heterocycles. The second-order valence-electron chi connectivity index (χ2n) is 5.89. The lowest BCUT2D eigenvalue weighted by atomic mass is 10.0. The van der Waals surface area contributed by atoms with Crippen LogP contribution >= 0.6 is 34.5 Å². The van der Waals surface area contributed by atoms with E-state index in [1.54, 1.807) is 43.6 Å². The van der Waals surface area contributed by atoms with Gasteiger partial charge in [-0.25, -0.2) is 4.98 Å². The molecule has 6 nitrogen and oxygen atoms in total. The summed E-state index contributed by atoms with van der Waals surface area (Å²) in [6.45, 7) is 0. The van der Waals surface area contributed by atoms with Crippen LogP contribution in [0.15, 0.2) is 48.9 Å². The van der Waals surface area contributed by atoms with Crippen LogP contribution in [0.25, 0.3) is 21.1 Å². The fourth-order valence-corrected chi connectivity index (χ4v) is 4.28. The molecule has 3 heterocycles. The number of aliphatic hydroxyl groups excluding tert-OH is 1. The molecule has 0 radical (unpaired) electrons. The number of halogens is 2. The topological polar surface area (TPSA) is 83.9 Å². The minimum atomic E-state index is -0.870. The maximum atomic E-state index is 11.0. The summed E-state index contributed by atoms with van der Waals surface area (Å²) in [4.78, 5) is 8.69. The molecular weight excluding hydrogens is 419 g/mol. The van der Waals surface area contributed by atoms with Gasteiger partial charge in [-0.15, -0.1) is 21.5 Å². The number of nitrogens with zero attached hydrogens (tertiary/aromatic N) is 3. The van der Waals surface area contributed by atoms with Crippen molar-refractivity contribution in [3.8, 4) is 26.9 Å². The summed E-state index contributed by atoms with van der Waals surface area (Å²) in [7, 11) is 1.57. The summed E-state index contributed by atoms with van der Waals surface area (Å²) in [5.74, 6) is 1.15. The first-order valence-electron chi connectivity index (χ1n) is 8.20. The molecule has 0 aliphatic rings. The first kappa shape index (κ1) is 18.9. The van der Waals surface area contributed by atoms with Gasteiger partial charge in [0.15, 0.2) is 5.82 Å². The molecule has 0 fully saturated rings. The van der Waals surface area contributed by atoms with E-state index in [0.717, 1.165) is 15.3 Å². The smallest absolute Gasteiger partial charge is 0.171 e. The Kier molecular flexibility index (Phi) is 5.32. The third-order valence-electron chi connectivity index (χ3n) is 4.19. The van der Waals surface area contributed by atoms with Crippen molar-refractivity contribution < 1.29 is 9.84 Å². The van der Waals surface area contributed by atoms with Gasteiger partial charge in [-0.1, -0.05) is 35.3 Å². The molecule has 1 unspecified atom stereocenters. The SMILES string of the molecule is COc1cnc(Cl)cc1-c1cc(C(O)c2ccc(Cl)cc2)c(-c2nnc[nH]2)s1. The van der Waals surface area contributed by atoms with Gasteiger partial charge in [-0.2, -0.15) is 0 Å². The molecule has 0 saturated carbocycles. The minimum Gasteiger partial charge on any atom is -0.494 e. The van der Waals surface area contributed by atoms with Gasteiger partial charge in [-0.05, 0) is 29.8 Å². The number of aliphatic hydroxyl groups is 1. The molecule has 142 valence electrons. The second kappa shape index (κ2) is 7.89. The fraction of sp³-hybridized carbons (Fsp3) is 0.105. The zero-order chi connectivity index (χ0) is 19.7. The number of ether oxygens (including phenoxy) is 1. The number of thiophene rings is 1. The molecule has 3 aromatic heterocycles. The Bertz CT molecular complexity index is 1100. The summed E-state index contributed by atoms with van der Waals surface area (Å²) in [5.41, 5.74) is 2.19. The summed E-state index contributed by atoms with van der Waals surface area (Å²) in [6.07, 6.45) is 2.20. The highest BCUT2D eigenvalue weighted by atomic mass is 35.5. The molecule has 0 amide bonds. The number of H-pyrrole nitrogens is 1. The van der Waals surface area contributed by atoms with Gasteiger partial charge in [0.05, 0.1) is 18.2 Å². The predicted octanol–water partition coefficient (Wildman–Crippen LogP) is 4.99. The van der Waals surface area contributed by atoms with Crippen molar-refractivity contribution in [2.75, 3.05) is 7.11 Å². The highest BCUT2D eigenvalue weighted by Crippen LogP contribution is 2.44. The van der Waals surface area contributed by atoms with Crippen molar-refractivity contribution in [2.24, 2.45) is 0 Å². The highest BCUT2D eigenvalue weighted by molar-refractivity contribution is 7.19. The first-order chi connectivity index (χ1) is 13.6. The van der Waals surface area contributed by atoms with Gasteiger partial charge in [-0.3, -0.25) is 0 Å². The van der Waals surface area contributed by atoms with Crippen molar-refractivity contribution in [2.45, 2.75) is 6.10 Å². The lowest BCUT2D eigenvalue weighted by Crippen LogP contribution is -2.00. The van der Waals surface area contributed by atoms with Crippen molar-refractivity contribution in [1.82, 2.24) is 20.2 Å². The number of nitrogens with one attached hydrogen (secondary N) is 1. The molecule has 0 spiro atoms. The van der Waals surface area contributed by atoms with Crippen molar-refractivity contribution in [3.63, 3.8) is 0 Å². The molecular formula is C19H14Cl2N4O2S. The molecule has 4 rings (SSSR count). The third kappa shape index (κ3) is 3.62. The zero-order valence-corrected chi connectivity index (χ0v) is 16.9. The van der Waals surface area contributed by atoms with E-state index in [1.165, 1.54) is 17.7 Å². The van der Waals surface area contributed by atoms with Crippen LogP contribution in [0, 0.1) is 0 Å². The number of methoxy groups -OCH3 is 1. The number of pyridine rings is 1. The van der Waals surface area contributed by atoms with Crippen LogP contribution in [0.1, 0.15) is 17.2 Å². The van der Waals surface area contributed by atoms with E-state index in [4.69, 9.17) is 27.9 Å². The third-order valence-corrected chi connectivity index (χ3v) is 5.84. The molecule has 28 heavy (non-hydrogen) atoms.